The fraction of sp³-hybridized carbons (Fsp3) is 0.308. The highest BCUT2D eigenvalue weighted by Gasteiger charge is 2.31. The second kappa shape index (κ2) is 4.95. The van der Waals surface area contributed by atoms with Crippen LogP contribution in [0, 0.1) is 0 Å². The fourth-order valence-electron chi connectivity index (χ4n) is 1.92. The van der Waals surface area contributed by atoms with E-state index in [2.05, 4.69) is 4.98 Å². The summed E-state index contributed by atoms with van der Waals surface area (Å²) in [4.78, 5) is 4.14. The average molecular weight is 269 g/mol. The zero-order valence-electron chi connectivity index (χ0n) is 10.4. The minimum absolute atomic E-state index is 0.0842. The lowest BCUT2D eigenvalue weighted by Gasteiger charge is -2.12. The lowest BCUT2D eigenvalue weighted by atomic mass is 10.1. The third-order valence-electron chi connectivity index (χ3n) is 2.74. The van der Waals surface area contributed by atoms with Crippen molar-refractivity contribution in [1.29, 1.82) is 0 Å². The molecule has 0 saturated carbocycles. The van der Waals surface area contributed by atoms with Crippen LogP contribution in [-0.2, 0) is 12.6 Å². The highest BCUT2D eigenvalue weighted by molar-refractivity contribution is 5.52. The number of hydrogen-bond acceptors (Lipinski definition) is 2. The molecule has 2 N–H and O–H groups in total. The summed E-state index contributed by atoms with van der Waals surface area (Å²) >= 11 is 0. The maximum absolute atomic E-state index is 12.8. The maximum atomic E-state index is 12.8. The first-order chi connectivity index (χ1) is 8.91. The van der Waals surface area contributed by atoms with Crippen molar-refractivity contribution in [2.45, 2.75) is 25.9 Å². The highest BCUT2D eigenvalue weighted by atomic mass is 19.4. The second-order valence-corrected chi connectivity index (χ2v) is 4.27. The number of nitrogen functional groups attached to an aromatic ring is 1. The Morgan fingerprint density at radius 2 is 2.00 bits per heavy atom. The topological polar surface area (TPSA) is 43.8 Å². The molecule has 0 saturated heterocycles. The van der Waals surface area contributed by atoms with E-state index in [0.29, 0.717) is 12.1 Å². The van der Waals surface area contributed by atoms with Gasteiger partial charge in [-0.3, -0.25) is 0 Å². The van der Waals surface area contributed by atoms with E-state index in [1.54, 1.807) is 17.0 Å². The number of imidazole rings is 1. The molecule has 1 aromatic heterocycles. The third kappa shape index (κ3) is 2.89. The quantitative estimate of drug-likeness (QED) is 0.867. The van der Waals surface area contributed by atoms with Gasteiger partial charge in [0.25, 0.3) is 0 Å². The van der Waals surface area contributed by atoms with Crippen molar-refractivity contribution in [3.63, 3.8) is 0 Å². The number of nitrogens with zero attached hydrogens (tertiary/aromatic N) is 2. The van der Waals surface area contributed by atoms with Crippen LogP contribution in [0.2, 0.25) is 0 Å². The van der Waals surface area contributed by atoms with Gasteiger partial charge >= 0.3 is 6.18 Å². The number of benzene rings is 1. The Hall–Kier alpha value is -1.98. The molecule has 2 aromatic rings. The molecule has 0 bridgehead atoms. The van der Waals surface area contributed by atoms with Crippen LogP contribution >= 0.6 is 0 Å². The molecule has 3 nitrogen and oxygen atoms in total. The zero-order chi connectivity index (χ0) is 14.0. The molecule has 0 spiro atoms. The first-order valence-electron chi connectivity index (χ1n) is 5.92. The highest BCUT2D eigenvalue weighted by Crippen LogP contribution is 2.32. The van der Waals surface area contributed by atoms with Crippen LogP contribution in [0.5, 0.6) is 0 Å². The van der Waals surface area contributed by atoms with Crippen LogP contribution in [0.3, 0.4) is 0 Å². The number of alkyl halides is 3. The zero-order valence-corrected chi connectivity index (χ0v) is 10.4. The predicted octanol–water partition coefficient (Wildman–Crippen LogP) is 3.43. The molecular formula is C13H14F3N3. The largest absolute Gasteiger partial charge is 0.416 e. The Labute approximate surface area is 108 Å². The van der Waals surface area contributed by atoms with Gasteiger partial charge in [-0.2, -0.15) is 13.2 Å². The lowest BCUT2D eigenvalue weighted by Crippen LogP contribution is -2.08. The summed E-state index contributed by atoms with van der Waals surface area (Å²) in [6.45, 7) is 1.99. The van der Waals surface area contributed by atoms with Gasteiger partial charge in [0.1, 0.15) is 5.82 Å². The molecule has 0 unspecified atom stereocenters. The van der Waals surface area contributed by atoms with Crippen LogP contribution < -0.4 is 5.73 Å². The Morgan fingerprint density at radius 1 is 1.26 bits per heavy atom. The van der Waals surface area contributed by atoms with Crippen molar-refractivity contribution in [2.24, 2.45) is 0 Å². The van der Waals surface area contributed by atoms with E-state index in [9.17, 15) is 13.2 Å². The van der Waals surface area contributed by atoms with E-state index in [1.165, 1.54) is 6.07 Å². The molecule has 0 aliphatic heterocycles. The minimum Gasteiger partial charge on any atom is -0.399 e. The van der Waals surface area contributed by atoms with Gasteiger partial charge in [0.05, 0.1) is 5.56 Å². The number of nitrogens with two attached hydrogens (primary N) is 1. The van der Waals surface area contributed by atoms with Gasteiger partial charge < -0.3 is 10.3 Å². The minimum atomic E-state index is -4.41. The Kier molecular flexibility index (Phi) is 3.50. The molecule has 0 aliphatic rings. The summed E-state index contributed by atoms with van der Waals surface area (Å²) in [5, 5.41) is 0. The van der Waals surface area contributed by atoms with Crippen LogP contribution in [0.4, 0.5) is 18.9 Å². The number of aryl methyl sites for hydroxylation is 1. The SMILES string of the molecule is CCCc1nccn1-c1cc(N)cc(C(F)(F)F)c1. The van der Waals surface area contributed by atoms with Gasteiger partial charge in [-0.05, 0) is 24.6 Å². The van der Waals surface area contributed by atoms with Gasteiger partial charge in [-0.15, -0.1) is 0 Å². The summed E-state index contributed by atoms with van der Waals surface area (Å²) in [6.07, 6.45) is 0.367. The smallest absolute Gasteiger partial charge is 0.399 e. The Balaban J connectivity index is 2.50. The number of rotatable bonds is 3. The number of aromatic nitrogens is 2. The van der Waals surface area contributed by atoms with Gasteiger partial charge in [-0.1, -0.05) is 6.92 Å². The third-order valence-corrected chi connectivity index (χ3v) is 2.74. The van der Waals surface area contributed by atoms with Crippen molar-refractivity contribution < 1.29 is 13.2 Å². The molecule has 1 heterocycles. The summed E-state index contributed by atoms with van der Waals surface area (Å²) in [6, 6.07) is 3.52. The molecule has 0 amide bonds. The van der Waals surface area contributed by atoms with E-state index >= 15 is 0 Å². The van der Waals surface area contributed by atoms with Crippen LogP contribution in [0.25, 0.3) is 5.69 Å². The van der Waals surface area contributed by atoms with Crippen molar-refractivity contribution in [3.8, 4) is 5.69 Å². The van der Waals surface area contributed by atoms with E-state index in [-0.39, 0.29) is 5.69 Å². The molecule has 2 rings (SSSR count). The average Bonchev–Trinajstić information content (AvgIpc) is 2.76. The molecule has 0 radical (unpaired) electrons. The fourth-order valence-corrected chi connectivity index (χ4v) is 1.92. The summed E-state index contributed by atoms with van der Waals surface area (Å²) in [5.74, 6) is 0.723. The van der Waals surface area contributed by atoms with E-state index in [0.717, 1.165) is 24.4 Å². The van der Waals surface area contributed by atoms with Gasteiger partial charge in [-0.25, -0.2) is 4.98 Å². The monoisotopic (exact) mass is 269 g/mol. The molecule has 19 heavy (non-hydrogen) atoms. The molecule has 0 fully saturated rings. The normalized spacial score (nSPS) is 11.8. The van der Waals surface area contributed by atoms with Crippen molar-refractivity contribution in [2.75, 3.05) is 5.73 Å². The van der Waals surface area contributed by atoms with E-state index in [4.69, 9.17) is 5.73 Å². The molecule has 6 heteroatoms. The number of hydrogen-bond donors (Lipinski definition) is 1. The van der Waals surface area contributed by atoms with Crippen LogP contribution in [-0.4, -0.2) is 9.55 Å². The van der Waals surface area contributed by atoms with Gasteiger partial charge in [0.2, 0.25) is 0 Å². The van der Waals surface area contributed by atoms with Crippen molar-refractivity contribution in [3.05, 3.63) is 42.0 Å². The predicted molar refractivity (Wildman–Crippen MR) is 67.0 cm³/mol. The molecule has 1 aromatic carbocycles. The summed E-state index contributed by atoms with van der Waals surface area (Å²) in [7, 11) is 0. The number of halogens is 3. The summed E-state index contributed by atoms with van der Waals surface area (Å²) in [5.41, 5.74) is 5.27. The second-order valence-electron chi connectivity index (χ2n) is 4.27. The van der Waals surface area contributed by atoms with Crippen LogP contribution in [0.1, 0.15) is 24.7 Å². The Morgan fingerprint density at radius 3 is 2.63 bits per heavy atom. The number of anilines is 1. The molecule has 102 valence electrons. The van der Waals surface area contributed by atoms with Crippen molar-refractivity contribution in [1.82, 2.24) is 9.55 Å². The van der Waals surface area contributed by atoms with Gasteiger partial charge in [0.15, 0.2) is 0 Å². The van der Waals surface area contributed by atoms with Crippen LogP contribution in [0.15, 0.2) is 30.6 Å². The standard InChI is InChI=1S/C13H14F3N3/c1-2-3-12-18-4-5-19(12)11-7-9(13(14,15)16)6-10(17)8-11/h4-8H,2-3,17H2,1H3. The van der Waals surface area contributed by atoms with E-state index < -0.39 is 11.7 Å². The first-order valence-corrected chi connectivity index (χ1v) is 5.92. The molecule has 0 atom stereocenters. The Bertz CT molecular complexity index is 573. The lowest BCUT2D eigenvalue weighted by molar-refractivity contribution is -0.137. The first kappa shape index (κ1) is 13.5. The van der Waals surface area contributed by atoms with Gasteiger partial charge in [0, 0.05) is 30.2 Å². The maximum Gasteiger partial charge on any atom is 0.416 e. The molecular weight excluding hydrogens is 255 g/mol. The van der Waals surface area contributed by atoms with E-state index in [1.807, 2.05) is 6.92 Å². The molecule has 0 aliphatic carbocycles. The van der Waals surface area contributed by atoms with Crippen molar-refractivity contribution >= 4 is 5.69 Å². The summed E-state index contributed by atoms with van der Waals surface area (Å²) < 4.78 is 39.9.